The van der Waals surface area contributed by atoms with Gasteiger partial charge in [0.25, 0.3) is 10.0 Å². The molecule has 0 aromatic heterocycles. The summed E-state index contributed by atoms with van der Waals surface area (Å²) in [5.41, 5.74) is 4.02. The molecule has 1 aliphatic rings. The molecule has 0 spiro atoms. The van der Waals surface area contributed by atoms with Crippen LogP contribution >= 0.6 is 0 Å². The van der Waals surface area contributed by atoms with Gasteiger partial charge in [0.2, 0.25) is 5.91 Å². The van der Waals surface area contributed by atoms with Gasteiger partial charge >= 0.3 is 0 Å². The van der Waals surface area contributed by atoms with Crippen LogP contribution in [0.3, 0.4) is 0 Å². The minimum atomic E-state index is -3.66. The zero-order valence-electron chi connectivity index (χ0n) is 15.4. The second-order valence-corrected chi connectivity index (χ2v) is 8.37. The molecule has 0 saturated heterocycles. The average molecular weight is 372 g/mol. The molecule has 0 bridgehead atoms. The van der Waals surface area contributed by atoms with Crippen LogP contribution in [0.2, 0.25) is 0 Å². The number of hydrogen-bond acceptors (Lipinski definition) is 3. The zero-order valence-corrected chi connectivity index (χ0v) is 16.2. The number of amides is 1. The standard InChI is InChI=1S/C20H24N2O3S/c1-4-20(23)22-11-5-6-16-13-17(9-10-18(16)22)21-26(24,25)19-12-14(2)7-8-15(19)3/h7-10,12-13,21H,4-6,11H2,1-3H3. The van der Waals surface area contributed by atoms with Crippen LogP contribution in [0.15, 0.2) is 41.3 Å². The molecule has 6 heteroatoms. The van der Waals surface area contributed by atoms with Gasteiger partial charge < -0.3 is 4.90 Å². The summed E-state index contributed by atoms with van der Waals surface area (Å²) in [4.78, 5) is 14.2. The van der Waals surface area contributed by atoms with Crippen LogP contribution in [0.5, 0.6) is 0 Å². The van der Waals surface area contributed by atoms with Gasteiger partial charge in [-0.15, -0.1) is 0 Å². The van der Waals surface area contributed by atoms with Crippen molar-refractivity contribution >= 4 is 27.3 Å². The molecule has 0 radical (unpaired) electrons. The quantitative estimate of drug-likeness (QED) is 0.888. The maximum atomic E-state index is 12.8. The van der Waals surface area contributed by atoms with E-state index in [1.807, 2.05) is 38.1 Å². The molecule has 5 nitrogen and oxygen atoms in total. The molecule has 1 amide bonds. The third kappa shape index (κ3) is 3.60. The van der Waals surface area contributed by atoms with E-state index in [-0.39, 0.29) is 10.8 Å². The lowest BCUT2D eigenvalue weighted by molar-refractivity contribution is -0.118. The molecule has 138 valence electrons. The topological polar surface area (TPSA) is 66.5 Å². The van der Waals surface area contributed by atoms with Crippen molar-refractivity contribution < 1.29 is 13.2 Å². The number of carbonyl (C=O) groups is 1. The molecule has 1 aliphatic heterocycles. The Balaban J connectivity index is 1.92. The number of nitrogens with zero attached hydrogens (tertiary/aromatic N) is 1. The first-order valence-electron chi connectivity index (χ1n) is 8.85. The Labute approximate surface area is 155 Å². The smallest absolute Gasteiger partial charge is 0.262 e. The summed E-state index contributed by atoms with van der Waals surface area (Å²) in [5, 5.41) is 0. The van der Waals surface area contributed by atoms with Crippen molar-refractivity contribution in [1.82, 2.24) is 0 Å². The molecule has 3 rings (SSSR count). The van der Waals surface area contributed by atoms with Gasteiger partial charge in [-0.1, -0.05) is 19.1 Å². The molecule has 0 atom stereocenters. The molecule has 0 unspecified atom stereocenters. The van der Waals surface area contributed by atoms with E-state index in [0.717, 1.165) is 29.7 Å². The van der Waals surface area contributed by atoms with Crippen LogP contribution < -0.4 is 9.62 Å². The van der Waals surface area contributed by atoms with Crippen LogP contribution in [-0.4, -0.2) is 20.9 Å². The average Bonchev–Trinajstić information content (AvgIpc) is 2.62. The van der Waals surface area contributed by atoms with Gasteiger partial charge in [-0.25, -0.2) is 8.42 Å². The Morgan fingerprint density at radius 1 is 1.15 bits per heavy atom. The molecule has 26 heavy (non-hydrogen) atoms. The Morgan fingerprint density at radius 3 is 2.65 bits per heavy atom. The first-order chi connectivity index (χ1) is 12.3. The van der Waals surface area contributed by atoms with Crippen molar-refractivity contribution in [3.8, 4) is 0 Å². The van der Waals surface area contributed by atoms with E-state index in [0.29, 0.717) is 24.2 Å². The van der Waals surface area contributed by atoms with Crippen LogP contribution in [0.25, 0.3) is 0 Å². The Hall–Kier alpha value is -2.34. The van der Waals surface area contributed by atoms with Gasteiger partial charge in [0.15, 0.2) is 0 Å². The van der Waals surface area contributed by atoms with Crippen molar-refractivity contribution in [2.24, 2.45) is 0 Å². The van der Waals surface area contributed by atoms with Crippen molar-refractivity contribution in [2.75, 3.05) is 16.2 Å². The molecule has 0 aliphatic carbocycles. The molecular weight excluding hydrogens is 348 g/mol. The van der Waals surface area contributed by atoms with Crippen LogP contribution in [0, 0.1) is 13.8 Å². The number of anilines is 2. The number of hydrogen-bond donors (Lipinski definition) is 1. The highest BCUT2D eigenvalue weighted by Gasteiger charge is 2.23. The third-order valence-corrected chi connectivity index (χ3v) is 6.21. The van der Waals surface area contributed by atoms with E-state index in [9.17, 15) is 13.2 Å². The summed E-state index contributed by atoms with van der Waals surface area (Å²) in [6.07, 6.45) is 2.17. The lowest BCUT2D eigenvalue weighted by atomic mass is 10.0. The van der Waals surface area contributed by atoms with E-state index in [1.165, 1.54) is 0 Å². The highest BCUT2D eigenvalue weighted by Crippen LogP contribution is 2.31. The van der Waals surface area contributed by atoms with E-state index in [1.54, 1.807) is 24.0 Å². The SMILES string of the molecule is CCC(=O)N1CCCc2cc(NS(=O)(=O)c3cc(C)ccc3C)ccc21. The van der Waals surface area contributed by atoms with Crippen LogP contribution in [-0.2, 0) is 21.2 Å². The van der Waals surface area contributed by atoms with Gasteiger partial charge in [0.1, 0.15) is 0 Å². The summed E-state index contributed by atoms with van der Waals surface area (Å²) in [5.74, 6) is 0.0923. The zero-order chi connectivity index (χ0) is 18.9. The number of aryl methyl sites for hydroxylation is 3. The largest absolute Gasteiger partial charge is 0.312 e. The first kappa shape index (κ1) is 18.5. The van der Waals surface area contributed by atoms with E-state index < -0.39 is 10.0 Å². The predicted molar refractivity (Wildman–Crippen MR) is 104 cm³/mol. The Bertz CT molecular complexity index is 952. The third-order valence-electron chi connectivity index (χ3n) is 4.69. The lowest BCUT2D eigenvalue weighted by Gasteiger charge is -2.29. The molecule has 2 aromatic carbocycles. The first-order valence-corrected chi connectivity index (χ1v) is 10.3. The number of benzene rings is 2. The summed E-state index contributed by atoms with van der Waals surface area (Å²) >= 11 is 0. The van der Waals surface area contributed by atoms with Gasteiger partial charge in [-0.3, -0.25) is 9.52 Å². The van der Waals surface area contributed by atoms with E-state index in [2.05, 4.69) is 4.72 Å². The Kier molecular flexibility index (Phi) is 5.05. The summed E-state index contributed by atoms with van der Waals surface area (Å²) in [6.45, 7) is 6.22. The van der Waals surface area contributed by atoms with Crippen molar-refractivity contribution in [2.45, 2.75) is 44.9 Å². The number of fused-ring (bicyclic) bond motifs is 1. The maximum Gasteiger partial charge on any atom is 0.262 e. The number of rotatable bonds is 4. The molecule has 0 fully saturated rings. The highest BCUT2D eigenvalue weighted by molar-refractivity contribution is 7.92. The molecule has 1 N–H and O–H groups in total. The fourth-order valence-corrected chi connectivity index (χ4v) is 4.70. The normalized spacial score (nSPS) is 14.0. The lowest BCUT2D eigenvalue weighted by Crippen LogP contribution is -2.34. The molecule has 0 saturated carbocycles. The number of sulfonamides is 1. The monoisotopic (exact) mass is 372 g/mol. The maximum absolute atomic E-state index is 12.8. The second kappa shape index (κ2) is 7.11. The van der Waals surface area contributed by atoms with E-state index in [4.69, 9.17) is 0 Å². The number of carbonyl (C=O) groups excluding carboxylic acids is 1. The van der Waals surface area contributed by atoms with Crippen LogP contribution in [0.4, 0.5) is 11.4 Å². The van der Waals surface area contributed by atoms with Gasteiger partial charge in [-0.2, -0.15) is 0 Å². The molecular formula is C20H24N2O3S. The molecule has 2 aromatic rings. The van der Waals surface area contributed by atoms with Crippen molar-refractivity contribution in [3.63, 3.8) is 0 Å². The Morgan fingerprint density at radius 2 is 1.92 bits per heavy atom. The summed E-state index contributed by atoms with van der Waals surface area (Å²) in [7, 11) is -3.66. The molecule has 1 heterocycles. The van der Waals surface area contributed by atoms with Crippen molar-refractivity contribution in [1.29, 1.82) is 0 Å². The minimum Gasteiger partial charge on any atom is -0.312 e. The fourth-order valence-electron chi connectivity index (χ4n) is 3.32. The van der Waals surface area contributed by atoms with Gasteiger partial charge in [0.05, 0.1) is 4.90 Å². The fraction of sp³-hybridized carbons (Fsp3) is 0.350. The van der Waals surface area contributed by atoms with Gasteiger partial charge in [-0.05, 0) is 67.6 Å². The highest BCUT2D eigenvalue weighted by atomic mass is 32.2. The van der Waals surface area contributed by atoms with Crippen molar-refractivity contribution in [3.05, 3.63) is 53.1 Å². The summed E-state index contributed by atoms with van der Waals surface area (Å²) < 4.78 is 28.3. The van der Waals surface area contributed by atoms with E-state index >= 15 is 0 Å². The van der Waals surface area contributed by atoms with Crippen LogP contribution in [0.1, 0.15) is 36.5 Å². The predicted octanol–water partition coefficient (Wildman–Crippen LogP) is 3.79. The summed E-state index contributed by atoms with van der Waals surface area (Å²) in [6, 6.07) is 10.8. The minimum absolute atomic E-state index is 0.0923. The second-order valence-electron chi connectivity index (χ2n) is 6.72. The van der Waals surface area contributed by atoms with Gasteiger partial charge in [0, 0.05) is 24.3 Å². The number of nitrogens with one attached hydrogen (secondary N) is 1.